The normalized spacial score (nSPS) is 12.6. The highest BCUT2D eigenvalue weighted by molar-refractivity contribution is 5.83. The van der Waals surface area contributed by atoms with Crippen LogP contribution in [0.4, 0.5) is 0 Å². The maximum absolute atomic E-state index is 6.26. The van der Waals surface area contributed by atoms with Crippen molar-refractivity contribution in [3.05, 3.63) is 71.9 Å². The molecular weight excluding hydrogens is 270 g/mol. The van der Waals surface area contributed by atoms with Gasteiger partial charge in [-0.3, -0.25) is 0 Å². The second-order valence-corrected chi connectivity index (χ2v) is 5.76. The largest absolute Gasteiger partial charge is 0.361 e. The van der Waals surface area contributed by atoms with E-state index in [1.807, 2.05) is 12.1 Å². The smallest absolute Gasteiger partial charge is 0.0456 e. The third-order valence-corrected chi connectivity index (χ3v) is 4.00. The summed E-state index contributed by atoms with van der Waals surface area (Å²) in [5, 5.41) is 4.74. The third-order valence-electron chi connectivity index (χ3n) is 4.00. The minimum Gasteiger partial charge on any atom is -0.361 e. The second kappa shape index (κ2) is 7.25. The molecule has 3 rings (SSSR count). The standard InChI is InChI=1S/C19H23N3/c20-17(14-21-11-10-15-6-2-1-3-7-15)12-16-13-22-19-9-5-4-8-18(16)19/h1-9,13,17,21-22H,10-12,14,20H2. The molecule has 1 aromatic heterocycles. The summed E-state index contributed by atoms with van der Waals surface area (Å²) in [5.74, 6) is 0. The molecule has 1 unspecified atom stereocenters. The Balaban J connectivity index is 1.45. The Morgan fingerprint density at radius 1 is 1.00 bits per heavy atom. The van der Waals surface area contributed by atoms with Crippen molar-refractivity contribution in [1.82, 2.24) is 10.3 Å². The Labute approximate surface area is 131 Å². The maximum Gasteiger partial charge on any atom is 0.0456 e. The van der Waals surface area contributed by atoms with Crippen molar-refractivity contribution in [2.75, 3.05) is 13.1 Å². The zero-order chi connectivity index (χ0) is 15.2. The Morgan fingerprint density at radius 3 is 2.64 bits per heavy atom. The molecule has 1 heterocycles. The minimum atomic E-state index is 0.134. The van der Waals surface area contributed by atoms with Gasteiger partial charge in [0.25, 0.3) is 0 Å². The fraction of sp³-hybridized carbons (Fsp3) is 0.263. The molecule has 0 aliphatic carbocycles. The van der Waals surface area contributed by atoms with Gasteiger partial charge < -0.3 is 16.0 Å². The van der Waals surface area contributed by atoms with Crippen LogP contribution in [0.2, 0.25) is 0 Å². The van der Waals surface area contributed by atoms with Crippen molar-refractivity contribution in [2.24, 2.45) is 5.73 Å². The molecule has 0 radical (unpaired) electrons. The van der Waals surface area contributed by atoms with E-state index in [2.05, 4.69) is 59.0 Å². The van der Waals surface area contributed by atoms with Crippen LogP contribution < -0.4 is 11.1 Å². The van der Waals surface area contributed by atoms with Gasteiger partial charge >= 0.3 is 0 Å². The summed E-state index contributed by atoms with van der Waals surface area (Å²) in [5.41, 5.74) is 10.1. The van der Waals surface area contributed by atoms with E-state index in [-0.39, 0.29) is 6.04 Å². The van der Waals surface area contributed by atoms with Gasteiger partial charge in [-0.2, -0.15) is 0 Å². The van der Waals surface area contributed by atoms with Gasteiger partial charge in [-0.1, -0.05) is 48.5 Å². The zero-order valence-electron chi connectivity index (χ0n) is 12.8. The first-order valence-corrected chi connectivity index (χ1v) is 7.88. The van der Waals surface area contributed by atoms with E-state index in [0.717, 1.165) is 25.9 Å². The summed E-state index contributed by atoms with van der Waals surface area (Å²) in [4.78, 5) is 3.31. The van der Waals surface area contributed by atoms with E-state index in [0.29, 0.717) is 0 Å². The van der Waals surface area contributed by atoms with E-state index >= 15 is 0 Å². The summed E-state index contributed by atoms with van der Waals surface area (Å²) < 4.78 is 0. The number of H-pyrrole nitrogens is 1. The molecule has 0 fully saturated rings. The van der Waals surface area contributed by atoms with Crippen molar-refractivity contribution in [3.63, 3.8) is 0 Å². The van der Waals surface area contributed by atoms with Gasteiger partial charge in [0.1, 0.15) is 0 Å². The minimum absolute atomic E-state index is 0.134. The average Bonchev–Trinajstić information content (AvgIpc) is 2.96. The van der Waals surface area contributed by atoms with Crippen molar-refractivity contribution < 1.29 is 0 Å². The SMILES string of the molecule is NC(CNCCc1ccccc1)Cc1c[nH]c2ccccc12. The fourth-order valence-electron chi connectivity index (χ4n) is 2.82. The van der Waals surface area contributed by atoms with Crippen LogP contribution in [0.15, 0.2) is 60.8 Å². The lowest BCUT2D eigenvalue weighted by atomic mass is 10.1. The zero-order valence-corrected chi connectivity index (χ0v) is 12.8. The number of nitrogens with one attached hydrogen (secondary N) is 2. The number of nitrogens with two attached hydrogens (primary N) is 1. The number of fused-ring (bicyclic) bond motifs is 1. The molecule has 0 spiro atoms. The fourth-order valence-corrected chi connectivity index (χ4v) is 2.82. The van der Waals surface area contributed by atoms with E-state index in [9.17, 15) is 0 Å². The maximum atomic E-state index is 6.26. The summed E-state index contributed by atoms with van der Waals surface area (Å²) in [6.07, 6.45) is 4.01. The Morgan fingerprint density at radius 2 is 1.77 bits per heavy atom. The van der Waals surface area contributed by atoms with Crippen LogP contribution in [-0.4, -0.2) is 24.1 Å². The number of aromatic amines is 1. The van der Waals surface area contributed by atoms with Crippen molar-refractivity contribution >= 4 is 10.9 Å². The van der Waals surface area contributed by atoms with Crippen LogP contribution >= 0.6 is 0 Å². The average molecular weight is 293 g/mol. The Bertz CT molecular complexity index is 703. The van der Waals surface area contributed by atoms with E-state index < -0.39 is 0 Å². The lowest BCUT2D eigenvalue weighted by molar-refractivity contribution is 0.576. The first-order valence-electron chi connectivity index (χ1n) is 7.88. The van der Waals surface area contributed by atoms with Crippen molar-refractivity contribution in [1.29, 1.82) is 0 Å². The highest BCUT2D eigenvalue weighted by atomic mass is 14.9. The molecule has 0 saturated heterocycles. The number of rotatable bonds is 7. The summed E-state index contributed by atoms with van der Waals surface area (Å²) in [7, 11) is 0. The molecule has 0 saturated carbocycles. The molecular formula is C19H23N3. The van der Waals surface area contributed by atoms with Crippen LogP contribution in [0.5, 0.6) is 0 Å². The van der Waals surface area contributed by atoms with Gasteiger partial charge in [0.2, 0.25) is 0 Å². The third kappa shape index (κ3) is 3.75. The first kappa shape index (κ1) is 14.8. The Hall–Kier alpha value is -2.10. The van der Waals surface area contributed by atoms with Crippen molar-refractivity contribution in [3.8, 4) is 0 Å². The molecule has 114 valence electrons. The second-order valence-electron chi connectivity index (χ2n) is 5.76. The summed E-state index contributed by atoms with van der Waals surface area (Å²) in [6, 6.07) is 19.0. The number of para-hydroxylation sites is 1. The number of hydrogen-bond acceptors (Lipinski definition) is 2. The molecule has 22 heavy (non-hydrogen) atoms. The quantitative estimate of drug-likeness (QED) is 0.587. The molecule has 0 aliphatic rings. The monoisotopic (exact) mass is 293 g/mol. The van der Waals surface area contributed by atoms with Crippen LogP contribution in [0.3, 0.4) is 0 Å². The first-order chi connectivity index (χ1) is 10.8. The van der Waals surface area contributed by atoms with Crippen LogP contribution in [0, 0.1) is 0 Å². The number of aromatic nitrogens is 1. The molecule has 4 N–H and O–H groups in total. The summed E-state index contributed by atoms with van der Waals surface area (Å²) in [6.45, 7) is 1.80. The highest BCUT2D eigenvalue weighted by Crippen LogP contribution is 2.18. The molecule has 3 heteroatoms. The van der Waals surface area contributed by atoms with Gasteiger partial charge in [0, 0.05) is 29.7 Å². The van der Waals surface area contributed by atoms with Crippen molar-refractivity contribution in [2.45, 2.75) is 18.9 Å². The van der Waals surface area contributed by atoms with Gasteiger partial charge in [0.15, 0.2) is 0 Å². The van der Waals surface area contributed by atoms with E-state index in [4.69, 9.17) is 5.73 Å². The van der Waals surface area contributed by atoms with Gasteiger partial charge in [-0.05, 0) is 36.6 Å². The van der Waals surface area contributed by atoms with Crippen LogP contribution in [0.1, 0.15) is 11.1 Å². The van der Waals surface area contributed by atoms with Crippen LogP contribution in [0.25, 0.3) is 10.9 Å². The number of benzene rings is 2. The predicted molar refractivity (Wildman–Crippen MR) is 93.0 cm³/mol. The van der Waals surface area contributed by atoms with Crippen LogP contribution in [-0.2, 0) is 12.8 Å². The van der Waals surface area contributed by atoms with Gasteiger partial charge in [-0.15, -0.1) is 0 Å². The van der Waals surface area contributed by atoms with Gasteiger partial charge in [-0.25, -0.2) is 0 Å². The molecule has 0 aliphatic heterocycles. The van der Waals surface area contributed by atoms with E-state index in [1.54, 1.807) is 0 Å². The molecule has 2 aromatic carbocycles. The Kier molecular flexibility index (Phi) is 4.88. The highest BCUT2D eigenvalue weighted by Gasteiger charge is 2.08. The molecule has 3 aromatic rings. The van der Waals surface area contributed by atoms with E-state index in [1.165, 1.54) is 22.0 Å². The molecule has 3 nitrogen and oxygen atoms in total. The predicted octanol–water partition coefficient (Wildman–Crippen LogP) is 2.87. The summed E-state index contributed by atoms with van der Waals surface area (Å²) >= 11 is 0. The molecule has 0 amide bonds. The molecule has 1 atom stereocenters. The number of hydrogen-bond donors (Lipinski definition) is 3. The lowest BCUT2D eigenvalue weighted by Gasteiger charge is -2.12. The topological polar surface area (TPSA) is 53.8 Å². The lowest BCUT2D eigenvalue weighted by Crippen LogP contribution is -2.36. The van der Waals surface area contributed by atoms with Gasteiger partial charge in [0.05, 0.1) is 0 Å². The molecule has 0 bridgehead atoms.